The summed E-state index contributed by atoms with van der Waals surface area (Å²) in [5.74, 6) is -5.22. The third kappa shape index (κ3) is 4.52. The molecule has 0 radical (unpaired) electrons. The van der Waals surface area contributed by atoms with E-state index in [1.807, 2.05) is 24.3 Å². The predicted octanol–water partition coefficient (Wildman–Crippen LogP) is 2.70. The van der Waals surface area contributed by atoms with Gasteiger partial charge in [-0.3, -0.25) is 9.59 Å². The van der Waals surface area contributed by atoms with Crippen molar-refractivity contribution < 1.29 is 38.4 Å². The van der Waals surface area contributed by atoms with Crippen molar-refractivity contribution in [1.29, 1.82) is 0 Å². The van der Waals surface area contributed by atoms with Crippen molar-refractivity contribution >= 4 is 17.8 Å². The maximum absolute atomic E-state index is 13.8. The van der Waals surface area contributed by atoms with E-state index in [2.05, 4.69) is 0 Å². The third-order valence-electron chi connectivity index (χ3n) is 7.55. The van der Waals surface area contributed by atoms with Crippen LogP contribution in [0.2, 0.25) is 0 Å². The first kappa shape index (κ1) is 25.4. The Labute approximate surface area is 215 Å². The number of likely N-dealkylation sites (tertiary alicyclic amines) is 1. The molecule has 9 heteroatoms. The topological polar surface area (TPSA) is 112 Å². The second-order valence-corrected chi connectivity index (χ2v) is 9.79. The molecule has 2 aromatic rings. The van der Waals surface area contributed by atoms with Crippen LogP contribution in [0.5, 0.6) is 0 Å². The third-order valence-corrected chi connectivity index (χ3v) is 7.55. The molecule has 5 rings (SSSR count). The Morgan fingerprint density at radius 3 is 2.14 bits per heavy atom. The van der Waals surface area contributed by atoms with E-state index in [1.165, 1.54) is 4.90 Å². The van der Waals surface area contributed by atoms with Crippen LogP contribution >= 0.6 is 0 Å². The first-order valence-electron chi connectivity index (χ1n) is 12.7. The van der Waals surface area contributed by atoms with Crippen LogP contribution < -0.4 is 0 Å². The molecular weight excluding hydrogens is 478 g/mol. The SMILES string of the molecule is O=C(OCc1ccccc1)[C@@H]1N(C2CCCCC2)C(=O)[C@@]2(O)OCOC[C@]12C(=O)OCc1ccccc1. The average molecular weight is 510 g/mol. The zero-order chi connectivity index (χ0) is 25.9. The second-order valence-electron chi connectivity index (χ2n) is 9.79. The molecule has 196 valence electrons. The minimum atomic E-state index is -2.62. The Kier molecular flexibility index (Phi) is 7.28. The van der Waals surface area contributed by atoms with E-state index in [0.29, 0.717) is 18.4 Å². The number of carbonyl (C=O) groups excluding carboxylic acids is 3. The van der Waals surface area contributed by atoms with Gasteiger partial charge in [0.15, 0.2) is 18.2 Å². The molecular formula is C28H31NO8. The van der Waals surface area contributed by atoms with E-state index < -0.39 is 48.5 Å². The van der Waals surface area contributed by atoms with Crippen molar-refractivity contribution in [3.8, 4) is 0 Å². The lowest BCUT2D eigenvalue weighted by Gasteiger charge is -2.42. The number of amides is 1. The van der Waals surface area contributed by atoms with Crippen molar-refractivity contribution in [2.24, 2.45) is 5.41 Å². The highest BCUT2D eigenvalue weighted by Gasteiger charge is 2.79. The van der Waals surface area contributed by atoms with Crippen molar-refractivity contribution in [3.63, 3.8) is 0 Å². The van der Waals surface area contributed by atoms with Gasteiger partial charge < -0.3 is 29.0 Å². The lowest BCUT2D eigenvalue weighted by Crippen LogP contribution is -2.65. The van der Waals surface area contributed by atoms with E-state index in [0.717, 1.165) is 24.8 Å². The standard InChI is InChI=1S/C28H31NO8/c30-24(35-16-20-10-4-1-5-11-20)23-27(26(32)36-17-21-12-6-2-7-13-21)18-34-19-37-28(27,33)25(31)29(23)22-14-8-3-9-15-22/h1-2,4-7,10-13,22-23,33H,3,8-9,14-19H2/t23-,27+,28+/m0/s1. The van der Waals surface area contributed by atoms with E-state index in [9.17, 15) is 19.5 Å². The summed E-state index contributed by atoms with van der Waals surface area (Å²) in [4.78, 5) is 42.7. The molecule has 1 saturated carbocycles. The van der Waals surface area contributed by atoms with Gasteiger partial charge in [0.25, 0.3) is 11.7 Å². The summed E-state index contributed by atoms with van der Waals surface area (Å²) in [5.41, 5.74) is -0.691. The summed E-state index contributed by atoms with van der Waals surface area (Å²) in [6, 6.07) is 16.3. The maximum Gasteiger partial charge on any atom is 0.330 e. The number of nitrogens with zero attached hydrogens (tertiary/aromatic N) is 1. The van der Waals surface area contributed by atoms with Gasteiger partial charge in [-0.1, -0.05) is 79.9 Å². The molecule has 2 aromatic carbocycles. The summed E-state index contributed by atoms with van der Waals surface area (Å²) < 4.78 is 22.2. The summed E-state index contributed by atoms with van der Waals surface area (Å²) in [7, 11) is 0. The smallest absolute Gasteiger partial charge is 0.330 e. The number of benzene rings is 2. The molecule has 2 heterocycles. The first-order chi connectivity index (χ1) is 18.0. The zero-order valence-electron chi connectivity index (χ0n) is 20.5. The Balaban J connectivity index is 1.51. The fourth-order valence-electron chi connectivity index (χ4n) is 5.62. The Hall–Kier alpha value is -3.27. The van der Waals surface area contributed by atoms with Crippen LogP contribution in [0, 0.1) is 5.41 Å². The monoisotopic (exact) mass is 509 g/mol. The molecule has 9 nitrogen and oxygen atoms in total. The van der Waals surface area contributed by atoms with Crippen LogP contribution in [-0.4, -0.2) is 59.1 Å². The van der Waals surface area contributed by atoms with Crippen molar-refractivity contribution in [3.05, 3.63) is 71.8 Å². The largest absolute Gasteiger partial charge is 0.460 e. The minimum Gasteiger partial charge on any atom is -0.460 e. The van der Waals surface area contributed by atoms with E-state index >= 15 is 0 Å². The van der Waals surface area contributed by atoms with Crippen LogP contribution in [0.4, 0.5) is 0 Å². The van der Waals surface area contributed by atoms with Crippen LogP contribution in [0.25, 0.3) is 0 Å². The first-order valence-corrected chi connectivity index (χ1v) is 12.7. The summed E-state index contributed by atoms with van der Waals surface area (Å²) in [6.07, 6.45) is 4.01. The number of ether oxygens (including phenoxy) is 4. The highest BCUT2D eigenvalue weighted by atomic mass is 16.7. The molecule has 0 spiro atoms. The van der Waals surface area contributed by atoms with Gasteiger partial charge >= 0.3 is 11.9 Å². The van der Waals surface area contributed by atoms with Crippen LogP contribution in [0.3, 0.4) is 0 Å². The van der Waals surface area contributed by atoms with Gasteiger partial charge in [0.05, 0.1) is 6.61 Å². The van der Waals surface area contributed by atoms with Crippen LogP contribution in [0.15, 0.2) is 60.7 Å². The molecule has 2 aliphatic heterocycles. The lowest BCUT2D eigenvalue weighted by molar-refractivity contribution is -0.321. The van der Waals surface area contributed by atoms with Gasteiger partial charge in [0.2, 0.25) is 0 Å². The molecule has 1 amide bonds. The van der Waals surface area contributed by atoms with E-state index in [-0.39, 0.29) is 19.3 Å². The van der Waals surface area contributed by atoms with Crippen LogP contribution in [0.1, 0.15) is 43.2 Å². The number of hydrogen-bond acceptors (Lipinski definition) is 8. The quantitative estimate of drug-likeness (QED) is 0.567. The van der Waals surface area contributed by atoms with Gasteiger partial charge in [-0.05, 0) is 24.0 Å². The number of hydrogen-bond donors (Lipinski definition) is 1. The molecule has 0 aromatic heterocycles. The zero-order valence-corrected chi connectivity index (χ0v) is 20.5. The van der Waals surface area contributed by atoms with E-state index in [4.69, 9.17) is 18.9 Å². The molecule has 1 aliphatic carbocycles. The highest BCUT2D eigenvalue weighted by molar-refractivity contribution is 6.03. The lowest BCUT2D eigenvalue weighted by atomic mass is 9.75. The van der Waals surface area contributed by atoms with Crippen molar-refractivity contribution in [1.82, 2.24) is 4.90 Å². The molecule has 3 aliphatic rings. The Bertz CT molecular complexity index is 1120. The fourth-order valence-corrected chi connectivity index (χ4v) is 5.62. The Morgan fingerprint density at radius 2 is 1.51 bits per heavy atom. The van der Waals surface area contributed by atoms with Gasteiger partial charge in [0.1, 0.15) is 13.2 Å². The Morgan fingerprint density at radius 1 is 0.919 bits per heavy atom. The number of carbonyl (C=O) groups is 3. The summed E-state index contributed by atoms with van der Waals surface area (Å²) in [5, 5.41) is 11.7. The normalized spacial score (nSPS) is 28.0. The number of fused-ring (bicyclic) bond motifs is 1. The number of aliphatic hydroxyl groups is 1. The summed E-state index contributed by atoms with van der Waals surface area (Å²) >= 11 is 0. The minimum absolute atomic E-state index is 0.0574. The molecule has 0 unspecified atom stereocenters. The summed E-state index contributed by atoms with van der Waals surface area (Å²) in [6.45, 7) is -1.00. The molecule has 3 atom stereocenters. The van der Waals surface area contributed by atoms with Gasteiger partial charge in [0, 0.05) is 6.04 Å². The van der Waals surface area contributed by atoms with Crippen molar-refractivity contribution in [2.75, 3.05) is 13.4 Å². The molecule has 2 saturated heterocycles. The second kappa shape index (κ2) is 10.6. The number of rotatable bonds is 7. The molecule has 1 N–H and O–H groups in total. The molecule has 0 bridgehead atoms. The highest BCUT2D eigenvalue weighted by Crippen LogP contribution is 2.52. The van der Waals surface area contributed by atoms with Crippen LogP contribution in [-0.2, 0) is 46.5 Å². The number of esters is 2. The van der Waals surface area contributed by atoms with Gasteiger partial charge in [-0.2, -0.15) is 0 Å². The fraction of sp³-hybridized carbons (Fsp3) is 0.464. The molecule has 3 fully saturated rings. The maximum atomic E-state index is 13.8. The predicted molar refractivity (Wildman–Crippen MR) is 129 cm³/mol. The molecule has 37 heavy (non-hydrogen) atoms. The van der Waals surface area contributed by atoms with Gasteiger partial charge in [-0.15, -0.1) is 0 Å². The van der Waals surface area contributed by atoms with Gasteiger partial charge in [-0.25, -0.2) is 4.79 Å². The average Bonchev–Trinajstić information content (AvgIpc) is 3.16. The van der Waals surface area contributed by atoms with Crippen molar-refractivity contribution in [2.45, 2.75) is 63.2 Å². The van der Waals surface area contributed by atoms with E-state index in [1.54, 1.807) is 36.4 Å².